The average molecular weight is 335 g/mol. The first kappa shape index (κ1) is 15.1. The molecule has 0 aliphatic carbocycles. The van der Waals surface area contributed by atoms with Gasteiger partial charge < -0.3 is 5.32 Å². The number of carbonyl (C=O) groups is 1. The predicted octanol–water partition coefficient (Wildman–Crippen LogP) is 1.54. The molecule has 0 aliphatic rings. The van der Waals surface area contributed by atoms with Crippen molar-refractivity contribution < 1.29 is 13.2 Å². The Balaban J connectivity index is 3.27. The number of sulfonamides is 1. The van der Waals surface area contributed by atoms with Crippen LogP contribution in [0.3, 0.4) is 0 Å². The summed E-state index contributed by atoms with van der Waals surface area (Å²) < 4.78 is 23.2. The molecule has 0 aromatic heterocycles. The van der Waals surface area contributed by atoms with Gasteiger partial charge in [0.1, 0.15) is 0 Å². The monoisotopic (exact) mass is 334 g/mol. The van der Waals surface area contributed by atoms with Gasteiger partial charge in [-0.3, -0.25) is 4.79 Å². The number of carbonyl (C=O) groups excluding carboxylic acids is 1. The van der Waals surface area contributed by atoms with Crippen LogP contribution in [0.15, 0.2) is 21.5 Å². The molecular weight excluding hydrogens is 320 g/mol. The molecule has 100 valence electrons. The third-order valence-corrected chi connectivity index (χ3v) is 4.14. The first-order valence-electron chi connectivity index (χ1n) is 5.38. The molecule has 0 aliphatic heterocycles. The van der Waals surface area contributed by atoms with E-state index < -0.39 is 10.0 Å². The zero-order chi connectivity index (χ0) is 13.9. The van der Waals surface area contributed by atoms with Gasteiger partial charge in [-0.1, -0.05) is 22.9 Å². The van der Waals surface area contributed by atoms with Gasteiger partial charge in [-0.25, -0.2) is 13.6 Å². The summed E-state index contributed by atoms with van der Waals surface area (Å²) in [6, 6.07) is 2.68. The van der Waals surface area contributed by atoms with E-state index >= 15 is 0 Å². The maximum Gasteiger partial charge on any atom is 0.251 e. The summed E-state index contributed by atoms with van der Waals surface area (Å²) in [5, 5.41) is 7.76. The maximum absolute atomic E-state index is 11.9. The normalized spacial score (nSPS) is 11.3. The van der Waals surface area contributed by atoms with Crippen LogP contribution in [0, 0.1) is 6.92 Å². The van der Waals surface area contributed by atoms with Gasteiger partial charge in [-0.2, -0.15) is 0 Å². The van der Waals surface area contributed by atoms with Crippen molar-refractivity contribution in [1.29, 1.82) is 0 Å². The zero-order valence-electron chi connectivity index (χ0n) is 10.2. The van der Waals surface area contributed by atoms with Gasteiger partial charge in [0.15, 0.2) is 0 Å². The molecule has 1 aromatic carbocycles. The summed E-state index contributed by atoms with van der Waals surface area (Å²) in [4.78, 5) is 11.8. The molecule has 1 rings (SSSR count). The highest BCUT2D eigenvalue weighted by atomic mass is 79.9. The van der Waals surface area contributed by atoms with Crippen molar-refractivity contribution in [3.63, 3.8) is 0 Å². The number of hydrogen-bond acceptors (Lipinski definition) is 3. The fraction of sp³-hybridized carbons (Fsp3) is 0.364. The highest BCUT2D eigenvalue weighted by Gasteiger charge is 2.17. The second kappa shape index (κ2) is 5.81. The summed E-state index contributed by atoms with van der Waals surface area (Å²) >= 11 is 3.23. The summed E-state index contributed by atoms with van der Waals surface area (Å²) in [6.07, 6.45) is 0.806. The van der Waals surface area contributed by atoms with Crippen LogP contribution in [-0.4, -0.2) is 20.9 Å². The molecule has 0 saturated heterocycles. The fourth-order valence-electron chi connectivity index (χ4n) is 1.39. The summed E-state index contributed by atoms with van der Waals surface area (Å²) in [5.41, 5.74) is 0.984. The van der Waals surface area contributed by atoms with Gasteiger partial charge in [-0.15, -0.1) is 0 Å². The molecular formula is C11H15BrN2O3S. The SMILES string of the molecule is CCCNC(=O)c1cc(S(N)(=O)=O)cc(Br)c1C. The lowest BCUT2D eigenvalue weighted by molar-refractivity contribution is 0.0953. The van der Waals surface area contributed by atoms with Crippen LogP contribution < -0.4 is 10.5 Å². The third-order valence-electron chi connectivity index (χ3n) is 2.43. The average Bonchev–Trinajstić information content (AvgIpc) is 2.27. The van der Waals surface area contributed by atoms with Crippen molar-refractivity contribution in [1.82, 2.24) is 5.32 Å². The lowest BCUT2D eigenvalue weighted by atomic mass is 10.1. The topological polar surface area (TPSA) is 89.3 Å². The summed E-state index contributed by atoms with van der Waals surface area (Å²) in [5.74, 6) is -0.305. The van der Waals surface area contributed by atoms with E-state index in [4.69, 9.17) is 5.14 Å². The first-order valence-corrected chi connectivity index (χ1v) is 7.72. The van der Waals surface area contributed by atoms with Crippen molar-refractivity contribution in [2.75, 3.05) is 6.54 Å². The highest BCUT2D eigenvalue weighted by molar-refractivity contribution is 9.10. The second-order valence-electron chi connectivity index (χ2n) is 3.88. The molecule has 7 heteroatoms. The van der Waals surface area contributed by atoms with Crippen LogP contribution in [0.4, 0.5) is 0 Å². The Bertz CT molecular complexity index is 570. The second-order valence-corrected chi connectivity index (χ2v) is 6.29. The van der Waals surface area contributed by atoms with Gasteiger partial charge in [-0.05, 0) is 31.0 Å². The summed E-state index contributed by atoms with van der Waals surface area (Å²) in [6.45, 7) is 4.21. The number of rotatable bonds is 4. The third kappa shape index (κ3) is 3.54. The molecule has 0 heterocycles. The molecule has 18 heavy (non-hydrogen) atoms. The number of halogens is 1. The molecule has 0 spiro atoms. The molecule has 0 radical (unpaired) electrons. The number of nitrogens with one attached hydrogen (secondary N) is 1. The number of amides is 1. The van der Waals surface area contributed by atoms with Crippen molar-refractivity contribution in [3.8, 4) is 0 Å². The smallest absolute Gasteiger partial charge is 0.251 e. The molecule has 3 N–H and O–H groups in total. The number of hydrogen-bond donors (Lipinski definition) is 2. The largest absolute Gasteiger partial charge is 0.352 e. The first-order chi connectivity index (χ1) is 8.27. The molecule has 0 saturated carbocycles. The Labute approximate surface area is 115 Å². The molecule has 1 aromatic rings. The van der Waals surface area contributed by atoms with E-state index in [1.54, 1.807) is 6.92 Å². The fourth-order valence-corrected chi connectivity index (χ4v) is 2.56. The van der Waals surface area contributed by atoms with E-state index in [2.05, 4.69) is 21.2 Å². The van der Waals surface area contributed by atoms with Crippen LogP contribution in [0.25, 0.3) is 0 Å². The Hall–Kier alpha value is -0.920. The van der Waals surface area contributed by atoms with Crippen LogP contribution in [0.1, 0.15) is 29.3 Å². The predicted molar refractivity (Wildman–Crippen MR) is 72.9 cm³/mol. The minimum atomic E-state index is -3.83. The summed E-state index contributed by atoms with van der Waals surface area (Å²) in [7, 11) is -3.83. The number of benzene rings is 1. The van der Waals surface area contributed by atoms with E-state index in [1.165, 1.54) is 12.1 Å². The molecule has 0 bridgehead atoms. The quantitative estimate of drug-likeness (QED) is 0.875. The van der Waals surface area contributed by atoms with Crippen molar-refractivity contribution in [3.05, 3.63) is 27.7 Å². The van der Waals surface area contributed by atoms with Crippen molar-refractivity contribution in [2.24, 2.45) is 5.14 Å². The lowest BCUT2D eigenvalue weighted by Gasteiger charge is -2.10. The minimum Gasteiger partial charge on any atom is -0.352 e. The van der Waals surface area contributed by atoms with Gasteiger partial charge in [0.2, 0.25) is 10.0 Å². The van der Waals surface area contributed by atoms with Crippen LogP contribution in [0.2, 0.25) is 0 Å². The molecule has 1 amide bonds. The van der Waals surface area contributed by atoms with Crippen molar-refractivity contribution in [2.45, 2.75) is 25.2 Å². The molecule has 0 fully saturated rings. The number of nitrogens with two attached hydrogens (primary N) is 1. The van der Waals surface area contributed by atoms with Gasteiger partial charge in [0, 0.05) is 16.6 Å². The minimum absolute atomic E-state index is 0.0818. The van der Waals surface area contributed by atoms with Crippen LogP contribution in [0.5, 0.6) is 0 Å². The number of primary sulfonamides is 1. The highest BCUT2D eigenvalue weighted by Crippen LogP contribution is 2.24. The van der Waals surface area contributed by atoms with Crippen LogP contribution >= 0.6 is 15.9 Å². The Kier molecular flexibility index (Phi) is 4.89. The van der Waals surface area contributed by atoms with Crippen molar-refractivity contribution >= 4 is 31.9 Å². The van der Waals surface area contributed by atoms with E-state index in [1.807, 2.05) is 6.92 Å². The van der Waals surface area contributed by atoms with E-state index in [9.17, 15) is 13.2 Å². The van der Waals surface area contributed by atoms with Crippen LogP contribution in [-0.2, 0) is 10.0 Å². The van der Waals surface area contributed by atoms with E-state index in [0.717, 1.165) is 6.42 Å². The van der Waals surface area contributed by atoms with Gasteiger partial charge >= 0.3 is 0 Å². The van der Waals surface area contributed by atoms with Gasteiger partial charge in [0.25, 0.3) is 5.91 Å². The van der Waals surface area contributed by atoms with E-state index in [0.29, 0.717) is 22.1 Å². The standard InChI is InChI=1S/C11H15BrN2O3S/c1-3-4-14-11(15)9-5-8(18(13,16)17)6-10(12)7(9)2/h5-6H,3-4H2,1-2H3,(H,14,15)(H2,13,16,17). The Morgan fingerprint density at radius 2 is 2.06 bits per heavy atom. The lowest BCUT2D eigenvalue weighted by Crippen LogP contribution is -2.25. The zero-order valence-corrected chi connectivity index (χ0v) is 12.6. The molecule has 0 atom stereocenters. The maximum atomic E-state index is 11.9. The Morgan fingerprint density at radius 3 is 2.56 bits per heavy atom. The molecule has 0 unspecified atom stereocenters. The van der Waals surface area contributed by atoms with E-state index in [-0.39, 0.29) is 10.8 Å². The Morgan fingerprint density at radius 1 is 1.44 bits per heavy atom. The molecule has 5 nitrogen and oxygen atoms in total. The van der Waals surface area contributed by atoms with Gasteiger partial charge in [0.05, 0.1) is 4.90 Å².